The molecule has 58 valence electrons. The van der Waals surface area contributed by atoms with Crippen LogP contribution in [0.1, 0.15) is 2.74 Å². The third-order valence-electron chi connectivity index (χ3n) is 0.999. The summed E-state index contributed by atoms with van der Waals surface area (Å²) in [5.41, 5.74) is 0. The first-order chi connectivity index (χ1) is 6.02. The van der Waals surface area contributed by atoms with Crippen LogP contribution >= 0.6 is 0 Å². The van der Waals surface area contributed by atoms with Crippen molar-refractivity contribution in [2.75, 3.05) is 6.56 Å². The van der Waals surface area contributed by atoms with Gasteiger partial charge in [-0.05, 0) is 12.1 Å². The second-order valence-electron chi connectivity index (χ2n) is 1.82. The van der Waals surface area contributed by atoms with Crippen LogP contribution in [0.3, 0.4) is 0 Å². The third kappa shape index (κ3) is 2.71. The van der Waals surface area contributed by atoms with Crippen molar-refractivity contribution in [1.29, 1.82) is 0 Å². The van der Waals surface area contributed by atoms with Crippen molar-refractivity contribution in [3.05, 3.63) is 30.3 Å². The van der Waals surface area contributed by atoms with E-state index in [0.29, 0.717) is 0 Å². The summed E-state index contributed by atoms with van der Waals surface area (Å²) in [7, 11) is 0. The minimum atomic E-state index is -2.68. The molecule has 0 saturated heterocycles. The van der Waals surface area contributed by atoms with Crippen molar-refractivity contribution in [2.45, 2.75) is 0 Å². The van der Waals surface area contributed by atoms with Crippen molar-refractivity contribution in [3.8, 4) is 5.75 Å². The van der Waals surface area contributed by atoms with Crippen LogP contribution in [-0.4, -0.2) is 17.6 Å². The molecule has 0 aliphatic carbocycles. The average molecular weight is 154 g/mol. The fraction of sp³-hybridized carbons (Fsp3) is 0.125. The molecule has 1 aromatic carbocycles. The summed E-state index contributed by atoms with van der Waals surface area (Å²) >= 11 is 0. The first-order valence-electron chi connectivity index (χ1n) is 4.00. The van der Waals surface area contributed by atoms with Crippen LogP contribution in [0.25, 0.3) is 0 Å². The predicted molar refractivity (Wildman–Crippen MR) is 39.6 cm³/mol. The number of aliphatic carboxylic acids is 1. The Balaban J connectivity index is 2.75. The molecule has 11 heavy (non-hydrogen) atoms. The number of para-hydroxylation sites is 1. The first kappa shape index (κ1) is 5.18. The summed E-state index contributed by atoms with van der Waals surface area (Å²) < 4.78 is 18.5. The van der Waals surface area contributed by atoms with Crippen LogP contribution in [0.2, 0.25) is 0 Å². The molecule has 0 fully saturated rings. The highest BCUT2D eigenvalue weighted by Gasteiger charge is 1.96. The third-order valence-corrected chi connectivity index (χ3v) is 0.999. The van der Waals surface area contributed by atoms with Crippen molar-refractivity contribution in [2.24, 2.45) is 0 Å². The van der Waals surface area contributed by atoms with Gasteiger partial charge in [0, 0.05) is 0 Å². The van der Waals surface area contributed by atoms with E-state index in [1.807, 2.05) is 0 Å². The van der Waals surface area contributed by atoms with Gasteiger partial charge in [0.05, 0.1) is 2.74 Å². The molecule has 0 heterocycles. The standard InChI is InChI=1S/C8H8O3/c9-8(10)6-11-7-4-2-1-3-5-7/h1-5H,6H2,(H,9,10)/i6D2. The Bertz CT molecular complexity index is 298. The zero-order valence-corrected chi connectivity index (χ0v) is 5.65. The van der Waals surface area contributed by atoms with Gasteiger partial charge in [0.1, 0.15) is 5.75 Å². The molecule has 3 nitrogen and oxygen atoms in total. The van der Waals surface area contributed by atoms with E-state index >= 15 is 0 Å². The largest absolute Gasteiger partial charge is 0.482 e. The molecule has 0 aliphatic rings. The van der Waals surface area contributed by atoms with Gasteiger partial charge in [-0.1, -0.05) is 18.2 Å². The molecule has 0 amide bonds. The highest BCUT2D eigenvalue weighted by Crippen LogP contribution is 2.07. The van der Waals surface area contributed by atoms with Crippen LogP contribution in [0.15, 0.2) is 30.3 Å². The molecule has 0 unspecified atom stereocenters. The average Bonchev–Trinajstić information content (AvgIpc) is 2.05. The summed E-state index contributed by atoms with van der Waals surface area (Å²) in [5, 5.41) is 8.40. The van der Waals surface area contributed by atoms with Crippen molar-refractivity contribution < 1.29 is 17.4 Å². The number of carboxylic acid groups (broad SMARTS) is 1. The lowest BCUT2D eigenvalue weighted by Gasteiger charge is -2.00. The number of hydrogen-bond acceptors (Lipinski definition) is 2. The van der Waals surface area contributed by atoms with E-state index in [0.717, 1.165) is 0 Å². The smallest absolute Gasteiger partial charge is 0.341 e. The number of carbonyl (C=O) groups is 1. The number of benzene rings is 1. The van der Waals surface area contributed by atoms with Crippen molar-refractivity contribution >= 4 is 5.97 Å². The molecule has 3 heteroatoms. The quantitative estimate of drug-likeness (QED) is 0.710. The van der Waals surface area contributed by atoms with Gasteiger partial charge in [0.15, 0.2) is 6.56 Å². The Morgan fingerprint density at radius 3 is 2.73 bits per heavy atom. The van der Waals surface area contributed by atoms with E-state index in [1.54, 1.807) is 18.2 Å². The molecule has 0 saturated carbocycles. The molecule has 1 aromatic rings. The Morgan fingerprint density at radius 2 is 2.18 bits per heavy atom. The minimum Gasteiger partial charge on any atom is -0.482 e. The molecule has 0 radical (unpaired) electrons. The monoisotopic (exact) mass is 154 g/mol. The summed E-state index contributed by atoms with van der Waals surface area (Å²) in [6.07, 6.45) is 0. The summed E-state index contributed by atoms with van der Waals surface area (Å²) in [6.45, 7) is -2.68. The zero-order valence-electron chi connectivity index (χ0n) is 7.65. The van der Waals surface area contributed by atoms with E-state index < -0.39 is 12.5 Å². The van der Waals surface area contributed by atoms with Gasteiger partial charge in [0.2, 0.25) is 0 Å². The summed E-state index contributed by atoms with van der Waals surface area (Å²) in [5.74, 6) is -1.45. The van der Waals surface area contributed by atoms with E-state index in [4.69, 9.17) is 7.85 Å². The number of carboxylic acids is 1. The van der Waals surface area contributed by atoms with Gasteiger partial charge in [-0.25, -0.2) is 4.79 Å². The molecule has 0 bridgehead atoms. The normalized spacial score (nSPS) is 13.1. The maximum atomic E-state index is 10.3. The highest BCUT2D eigenvalue weighted by atomic mass is 16.5. The molecular formula is C8H8O3. The Morgan fingerprint density at radius 1 is 1.55 bits per heavy atom. The molecule has 0 spiro atoms. The van der Waals surface area contributed by atoms with Gasteiger partial charge in [-0.3, -0.25) is 0 Å². The van der Waals surface area contributed by atoms with Crippen LogP contribution in [0, 0.1) is 0 Å². The van der Waals surface area contributed by atoms with Gasteiger partial charge < -0.3 is 9.84 Å². The molecule has 0 aromatic heterocycles. The maximum absolute atomic E-state index is 10.3. The summed E-state index contributed by atoms with van der Waals surface area (Å²) in [6, 6.07) is 7.96. The Labute approximate surface area is 67.0 Å². The van der Waals surface area contributed by atoms with Crippen LogP contribution in [-0.2, 0) is 4.79 Å². The number of ether oxygens (including phenoxy) is 1. The van der Waals surface area contributed by atoms with E-state index in [1.165, 1.54) is 12.1 Å². The fourth-order valence-electron chi connectivity index (χ4n) is 0.591. The van der Waals surface area contributed by atoms with Gasteiger partial charge in [-0.2, -0.15) is 0 Å². The highest BCUT2D eigenvalue weighted by molar-refractivity contribution is 5.68. The van der Waals surface area contributed by atoms with E-state index in [9.17, 15) is 4.79 Å². The molecular weight excluding hydrogens is 144 g/mol. The molecule has 1 N–H and O–H groups in total. The predicted octanol–water partition coefficient (Wildman–Crippen LogP) is 1.15. The minimum absolute atomic E-state index is 0.190. The molecule has 1 rings (SSSR count). The lowest BCUT2D eigenvalue weighted by atomic mass is 10.3. The number of rotatable bonds is 3. The second-order valence-corrected chi connectivity index (χ2v) is 1.82. The van der Waals surface area contributed by atoms with Gasteiger partial charge >= 0.3 is 5.97 Å². The van der Waals surface area contributed by atoms with Crippen molar-refractivity contribution in [1.82, 2.24) is 0 Å². The topological polar surface area (TPSA) is 46.5 Å². The molecule has 0 aliphatic heterocycles. The first-order valence-corrected chi connectivity index (χ1v) is 3.00. The Kier molecular flexibility index (Phi) is 1.70. The Hall–Kier alpha value is -1.51. The maximum Gasteiger partial charge on any atom is 0.341 e. The zero-order chi connectivity index (χ0) is 9.90. The number of hydrogen-bond donors (Lipinski definition) is 1. The van der Waals surface area contributed by atoms with Crippen LogP contribution < -0.4 is 4.74 Å². The fourth-order valence-corrected chi connectivity index (χ4v) is 0.591. The van der Waals surface area contributed by atoms with Crippen LogP contribution in [0.4, 0.5) is 0 Å². The van der Waals surface area contributed by atoms with Gasteiger partial charge in [-0.15, -0.1) is 0 Å². The van der Waals surface area contributed by atoms with Crippen LogP contribution in [0.5, 0.6) is 5.75 Å². The summed E-state index contributed by atoms with van der Waals surface area (Å²) in [4.78, 5) is 10.3. The van der Waals surface area contributed by atoms with Gasteiger partial charge in [0.25, 0.3) is 0 Å². The van der Waals surface area contributed by atoms with Crippen molar-refractivity contribution in [3.63, 3.8) is 0 Å². The SMILES string of the molecule is [2H]C([2H])(Oc1ccccc1)C(=O)O. The lowest BCUT2D eigenvalue weighted by molar-refractivity contribution is -0.139. The lowest BCUT2D eigenvalue weighted by Crippen LogP contribution is -2.09. The second kappa shape index (κ2) is 3.61. The van der Waals surface area contributed by atoms with E-state index in [2.05, 4.69) is 4.74 Å². The van der Waals surface area contributed by atoms with E-state index in [-0.39, 0.29) is 5.75 Å². The molecule has 0 atom stereocenters.